The first kappa shape index (κ1) is 52.0. The Bertz CT molecular complexity index is 4210. The van der Waals surface area contributed by atoms with E-state index in [1.165, 1.54) is 81.2 Å². The summed E-state index contributed by atoms with van der Waals surface area (Å²) >= 11 is 1.85. The van der Waals surface area contributed by atoms with Crippen molar-refractivity contribution < 1.29 is 25.8 Å². The van der Waals surface area contributed by atoms with Gasteiger partial charge in [-0.3, -0.25) is 0 Å². The summed E-state index contributed by atoms with van der Waals surface area (Å²) < 4.78 is 12.0. The molecule has 0 aliphatic carbocycles. The zero-order valence-corrected chi connectivity index (χ0v) is 49.1. The van der Waals surface area contributed by atoms with Crippen LogP contribution in [0.3, 0.4) is 0 Å². The minimum absolute atomic E-state index is 0. The van der Waals surface area contributed by atoms with E-state index in [4.69, 9.17) is 9.72 Å². The van der Waals surface area contributed by atoms with Gasteiger partial charge in [0.2, 0.25) is 0 Å². The molecule has 5 nitrogen and oxygen atoms in total. The van der Waals surface area contributed by atoms with Crippen molar-refractivity contribution in [2.24, 2.45) is 0 Å². The van der Waals surface area contributed by atoms with E-state index in [1.54, 1.807) is 0 Å². The Kier molecular flexibility index (Phi) is 13.5. The third-order valence-corrected chi connectivity index (χ3v) is 16.9. The maximum atomic E-state index is 7.24. The number of aromatic nitrogens is 2. The maximum absolute atomic E-state index is 7.24. The molecule has 12 aromatic rings. The van der Waals surface area contributed by atoms with Crippen molar-refractivity contribution in [2.75, 3.05) is 9.80 Å². The number of pyridine rings is 1. The van der Waals surface area contributed by atoms with Crippen molar-refractivity contribution in [3.8, 4) is 50.7 Å². The van der Waals surface area contributed by atoms with Crippen LogP contribution in [0.4, 0.5) is 22.7 Å². The normalized spacial score (nSPS) is 12.6. The molecule has 13 rings (SSSR count). The Morgan fingerprint density at radius 3 is 1.84 bits per heavy atom. The fourth-order valence-electron chi connectivity index (χ4n) is 12.0. The van der Waals surface area contributed by atoms with E-state index in [0.717, 1.165) is 50.6 Å². The summed E-state index contributed by atoms with van der Waals surface area (Å²) in [6.45, 7) is 22.7. The van der Waals surface area contributed by atoms with Crippen LogP contribution in [0.15, 0.2) is 188 Å². The number of ether oxygens (including phenoxy) is 1. The van der Waals surface area contributed by atoms with E-state index < -0.39 is 0 Å². The zero-order valence-electron chi connectivity index (χ0n) is 46.1. The van der Waals surface area contributed by atoms with E-state index in [9.17, 15) is 0 Å². The van der Waals surface area contributed by atoms with Crippen LogP contribution >= 0.6 is 11.3 Å². The Hall–Kier alpha value is -7.76. The topological polar surface area (TPSA) is 33.5 Å². The fraction of sp³-hybridized carbons (Fsp3) is 0.167. The van der Waals surface area contributed by atoms with Crippen molar-refractivity contribution in [3.05, 3.63) is 235 Å². The summed E-state index contributed by atoms with van der Waals surface area (Å²) in [5.41, 5.74) is 19.3. The molecule has 0 spiro atoms. The average molecular weight is 1230 g/mol. The molecule has 79 heavy (non-hydrogen) atoms. The van der Waals surface area contributed by atoms with E-state index in [-0.39, 0.29) is 38.3 Å². The van der Waals surface area contributed by atoms with Gasteiger partial charge in [0, 0.05) is 92.6 Å². The molecule has 3 aromatic heterocycles. The van der Waals surface area contributed by atoms with Gasteiger partial charge in [-0.15, -0.1) is 65.0 Å². The summed E-state index contributed by atoms with van der Waals surface area (Å²) in [5, 5.41) is 4.82. The molecule has 0 N–H and O–H groups in total. The number of thiophene rings is 1. The monoisotopic (exact) mass is 1220 g/mol. The van der Waals surface area contributed by atoms with Crippen LogP contribution < -0.4 is 14.5 Å². The molecular weight excluding hydrogens is 1160 g/mol. The summed E-state index contributed by atoms with van der Waals surface area (Å²) in [6.07, 6.45) is 1.94. The first-order chi connectivity index (χ1) is 37.8. The summed E-state index contributed by atoms with van der Waals surface area (Å²) in [6, 6.07) is 73.6. The first-order valence-corrected chi connectivity index (χ1v) is 28.1. The van der Waals surface area contributed by atoms with Gasteiger partial charge < -0.3 is 19.1 Å². The molecule has 0 radical (unpaired) electrons. The van der Waals surface area contributed by atoms with Gasteiger partial charge in [0.15, 0.2) is 0 Å². The number of para-hydroxylation sites is 2. The Morgan fingerprint density at radius 1 is 0.557 bits per heavy atom. The average Bonchev–Trinajstić information content (AvgIpc) is 4.27. The van der Waals surface area contributed by atoms with Crippen molar-refractivity contribution in [1.82, 2.24) is 9.55 Å². The number of hydrogen-bond donors (Lipinski definition) is 0. The summed E-state index contributed by atoms with van der Waals surface area (Å²) in [5.74, 6) is 2.59. The van der Waals surface area contributed by atoms with Gasteiger partial charge in [0.25, 0.3) is 0 Å². The SMILES string of the molecule is Cc1cc(C)c(-c2ccccc2)c(N2[CH-]N(c3[c-]c(Oc4[c-]c5c(cc4)c4c6sc7ccccc7c6ccc4n5-c4cc(C(C)(C)C)ccn4)cc(-c4c(C(C)C)cccc4C(C)C)c3)c3ccccc32)c1-c1ccccc1.[Pt]. The van der Waals surface area contributed by atoms with Crippen molar-refractivity contribution >= 4 is 76.1 Å². The molecule has 0 saturated carbocycles. The molecule has 0 atom stereocenters. The van der Waals surface area contributed by atoms with E-state index >= 15 is 0 Å². The minimum Gasteiger partial charge on any atom is -0.509 e. The van der Waals surface area contributed by atoms with E-state index in [2.05, 4.69) is 277 Å². The second-order valence-electron chi connectivity index (χ2n) is 22.5. The van der Waals surface area contributed by atoms with Crippen LogP contribution in [0, 0.1) is 32.6 Å². The third-order valence-electron chi connectivity index (χ3n) is 15.7. The molecule has 0 saturated heterocycles. The van der Waals surface area contributed by atoms with Crippen molar-refractivity contribution in [2.45, 2.75) is 79.6 Å². The molecular formula is C72H61N4OPtS-3. The van der Waals surface area contributed by atoms with Gasteiger partial charge in [-0.2, -0.15) is 6.07 Å². The van der Waals surface area contributed by atoms with E-state index in [0.29, 0.717) is 11.5 Å². The summed E-state index contributed by atoms with van der Waals surface area (Å²) in [7, 11) is 0. The van der Waals surface area contributed by atoms with Gasteiger partial charge in [0.05, 0.1) is 0 Å². The van der Waals surface area contributed by atoms with Gasteiger partial charge in [-0.05, 0) is 117 Å². The maximum Gasteiger partial charge on any atom is 0.135 e. The molecule has 7 heteroatoms. The Morgan fingerprint density at radius 2 is 1.18 bits per heavy atom. The van der Waals surface area contributed by atoms with Crippen LogP contribution in [0.25, 0.3) is 81.2 Å². The van der Waals surface area contributed by atoms with Gasteiger partial charge in [-0.25, -0.2) is 4.98 Å². The molecule has 0 fully saturated rings. The van der Waals surface area contributed by atoms with Crippen LogP contribution in [0.1, 0.15) is 88.1 Å². The second-order valence-corrected chi connectivity index (χ2v) is 23.6. The Labute approximate surface area is 483 Å². The van der Waals surface area contributed by atoms with Crippen molar-refractivity contribution in [3.63, 3.8) is 0 Å². The van der Waals surface area contributed by atoms with Gasteiger partial charge in [0.1, 0.15) is 5.82 Å². The molecule has 1 aliphatic rings. The second kappa shape index (κ2) is 20.5. The zero-order chi connectivity index (χ0) is 53.6. The van der Waals surface area contributed by atoms with Gasteiger partial charge >= 0.3 is 0 Å². The quantitative estimate of drug-likeness (QED) is 0.128. The number of benzene rings is 9. The minimum atomic E-state index is -0.0764. The van der Waals surface area contributed by atoms with Gasteiger partial charge in [-0.1, -0.05) is 175 Å². The van der Waals surface area contributed by atoms with Crippen LogP contribution in [0.5, 0.6) is 11.5 Å². The standard InChI is InChI=1S/C72H61N4OS.Pt/c1-44(2)55-26-20-27-56(45(3)4)68(55)50-38-52(74-43-75(61-29-18-17-28-60(61)74)70-66(48-21-12-10-13-22-48)46(5)37-47(6)67(70)49-23-14-11-15-24-49)41-54(39-50)77-53-31-32-59-63(42-53)76(65-40-51(35-36-73-65)72(7,8)9)62-34-33-58-57-25-16-19-30-64(57)78-71(58)69(59)62;/h10-40,43-45H,1-9H3;/q-3;. The van der Waals surface area contributed by atoms with Crippen LogP contribution in [-0.2, 0) is 26.5 Å². The van der Waals surface area contributed by atoms with Crippen LogP contribution in [0.2, 0.25) is 0 Å². The molecule has 4 heterocycles. The van der Waals surface area contributed by atoms with Crippen LogP contribution in [-0.4, -0.2) is 9.55 Å². The summed E-state index contributed by atoms with van der Waals surface area (Å²) in [4.78, 5) is 9.77. The molecule has 0 bridgehead atoms. The number of hydrogen-bond acceptors (Lipinski definition) is 5. The predicted octanol–water partition coefficient (Wildman–Crippen LogP) is 20.5. The number of fused-ring (bicyclic) bond motifs is 8. The number of nitrogens with zero attached hydrogens (tertiary/aromatic N) is 4. The smallest absolute Gasteiger partial charge is 0.135 e. The Balaban J connectivity index is 0.00000623. The molecule has 9 aromatic carbocycles. The molecule has 1 aliphatic heterocycles. The molecule has 0 unspecified atom stereocenters. The number of rotatable bonds is 10. The first-order valence-electron chi connectivity index (χ1n) is 27.2. The van der Waals surface area contributed by atoms with Crippen molar-refractivity contribution in [1.29, 1.82) is 0 Å². The molecule has 0 amide bonds. The predicted molar refractivity (Wildman–Crippen MR) is 330 cm³/mol. The largest absolute Gasteiger partial charge is 0.509 e. The number of anilines is 4. The van der Waals surface area contributed by atoms with E-state index in [1.807, 2.05) is 17.5 Å². The number of aryl methyl sites for hydroxylation is 2. The fourth-order valence-corrected chi connectivity index (χ4v) is 13.2. The third kappa shape index (κ3) is 9.04. The molecule has 394 valence electrons.